The van der Waals surface area contributed by atoms with Gasteiger partial charge < -0.3 is 14.2 Å². The minimum Gasteiger partial charge on any atom is -0.480 e. The van der Waals surface area contributed by atoms with Crippen LogP contribution in [0.25, 0.3) is 0 Å². The zero-order valence-electron chi connectivity index (χ0n) is 13.1. The van der Waals surface area contributed by atoms with E-state index in [2.05, 4.69) is 4.98 Å². The summed E-state index contributed by atoms with van der Waals surface area (Å²) in [6.45, 7) is -0.240. The molecule has 6 heteroatoms. The van der Waals surface area contributed by atoms with E-state index in [-0.39, 0.29) is 6.61 Å². The molecule has 0 spiro atoms. The number of pyridine rings is 1. The van der Waals surface area contributed by atoms with Gasteiger partial charge in [-0.15, -0.1) is 0 Å². The number of carbonyl (C=O) groups is 1. The quantitative estimate of drug-likeness (QED) is 0.481. The molecule has 0 atom stereocenters. The molecule has 1 aromatic heterocycles. The summed E-state index contributed by atoms with van der Waals surface area (Å²) in [6.07, 6.45) is 1.64. The maximum Gasteiger partial charge on any atom is 0.349 e. The molecule has 0 radical (unpaired) electrons. The molecule has 126 valence electrons. The summed E-state index contributed by atoms with van der Waals surface area (Å²) >= 11 is 5.96. The Bertz CT molecular complexity index is 838. The van der Waals surface area contributed by atoms with Crippen LogP contribution < -0.4 is 14.2 Å². The molecule has 5 nitrogen and oxygen atoms in total. The fourth-order valence-electron chi connectivity index (χ4n) is 1.96. The van der Waals surface area contributed by atoms with Crippen molar-refractivity contribution in [3.8, 4) is 23.1 Å². The monoisotopic (exact) mass is 355 g/mol. The van der Waals surface area contributed by atoms with E-state index < -0.39 is 5.97 Å². The second-order valence-electron chi connectivity index (χ2n) is 4.93. The van der Waals surface area contributed by atoms with Gasteiger partial charge in [0.1, 0.15) is 17.2 Å². The van der Waals surface area contributed by atoms with Crippen LogP contribution in [-0.4, -0.2) is 17.6 Å². The van der Waals surface area contributed by atoms with Crippen LogP contribution in [0.5, 0.6) is 23.1 Å². The molecule has 0 fully saturated rings. The van der Waals surface area contributed by atoms with E-state index in [1.54, 1.807) is 66.9 Å². The van der Waals surface area contributed by atoms with Gasteiger partial charge in [0.15, 0.2) is 6.61 Å². The number of carbonyl (C=O) groups excluding carboxylic acids is 1. The van der Waals surface area contributed by atoms with Crippen LogP contribution >= 0.6 is 11.6 Å². The predicted molar refractivity (Wildman–Crippen MR) is 93.3 cm³/mol. The minimum absolute atomic E-state index is 0.240. The first-order chi connectivity index (χ1) is 12.2. The first-order valence-electron chi connectivity index (χ1n) is 7.48. The van der Waals surface area contributed by atoms with Crippen molar-refractivity contribution in [1.82, 2.24) is 4.98 Å². The zero-order valence-corrected chi connectivity index (χ0v) is 13.8. The van der Waals surface area contributed by atoms with Crippen molar-refractivity contribution in [3.63, 3.8) is 0 Å². The van der Waals surface area contributed by atoms with Gasteiger partial charge in [0.25, 0.3) is 0 Å². The number of hydrogen-bond donors (Lipinski definition) is 0. The molecule has 0 N–H and O–H groups in total. The van der Waals surface area contributed by atoms with Crippen LogP contribution in [0.1, 0.15) is 0 Å². The Hall–Kier alpha value is -3.05. The van der Waals surface area contributed by atoms with E-state index in [9.17, 15) is 4.79 Å². The van der Waals surface area contributed by atoms with Crippen molar-refractivity contribution < 1.29 is 19.0 Å². The van der Waals surface area contributed by atoms with E-state index >= 15 is 0 Å². The number of hydrogen-bond acceptors (Lipinski definition) is 5. The van der Waals surface area contributed by atoms with Gasteiger partial charge in [-0.3, -0.25) is 0 Å². The highest BCUT2D eigenvalue weighted by Gasteiger charge is 2.08. The van der Waals surface area contributed by atoms with Crippen LogP contribution in [0, 0.1) is 0 Å². The van der Waals surface area contributed by atoms with Gasteiger partial charge in [0.05, 0.1) is 5.02 Å². The molecular formula is C19H14ClNO4. The number of benzene rings is 2. The Labute approximate surface area is 149 Å². The molecule has 0 saturated carbocycles. The number of esters is 1. The summed E-state index contributed by atoms with van der Waals surface area (Å²) in [5.74, 6) is 1.37. The molecule has 1 heterocycles. The lowest BCUT2D eigenvalue weighted by Crippen LogP contribution is -2.17. The van der Waals surface area contributed by atoms with Crippen molar-refractivity contribution >= 4 is 17.6 Å². The second kappa shape index (κ2) is 8.17. The standard InChI is InChI=1S/C19H14ClNO4/c20-16-5-1-2-6-17(16)23-13-19(22)25-15-10-8-14(9-11-15)24-18-7-3-4-12-21-18/h1-12H,13H2. The summed E-state index contributed by atoms with van der Waals surface area (Å²) in [4.78, 5) is 15.9. The molecule has 0 amide bonds. The highest BCUT2D eigenvalue weighted by molar-refractivity contribution is 6.32. The third-order valence-electron chi connectivity index (χ3n) is 3.10. The van der Waals surface area contributed by atoms with Crippen molar-refractivity contribution in [1.29, 1.82) is 0 Å². The van der Waals surface area contributed by atoms with E-state index in [0.29, 0.717) is 28.2 Å². The lowest BCUT2D eigenvalue weighted by Gasteiger charge is -2.08. The highest BCUT2D eigenvalue weighted by atomic mass is 35.5. The van der Waals surface area contributed by atoms with Crippen molar-refractivity contribution in [2.24, 2.45) is 0 Å². The second-order valence-corrected chi connectivity index (χ2v) is 5.34. The van der Waals surface area contributed by atoms with E-state index in [1.807, 2.05) is 6.07 Å². The highest BCUT2D eigenvalue weighted by Crippen LogP contribution is 2.24. The molecule has 3 aromatic rings. The first-order valence-corrected chi connectivity index (χ1v) is 7.85. The predicted octanol–water partition coefficient (Wildman–Crippen LogP) is 4.51. The number of aromatic nitrogens is 1. The van der Waals surface area contributed by atoms with Crippen LogP contribution in [0.3, 0.4) is 0 Å². The van der Waals surface area contributed by atoms with Gasteiger partial charge in [-0.1, -0.05) is 29.8 Å². The van der Waals surface area contributed by atoms with Crippen LogP contribution in [0.2, 0.25) is 5.02 Å². The Kier molecular flexibility index (Phi) is 5.49. The number of para-hydroxylation sites is 1. The summed E-state index contributed by atoms with van der Waals surface area (Å²) in [6, 6.07) is 18.9. The third-order valence-corrected chi connectivity index (χ3v) is 3.41. The average molecular weight is 356 g/mol. The van der Waals surface area contributed by atoms with Gasteiger partial charge in [-0.05, 0) is 42.5 Å². The molecule has 0 bridgehead atoms. The Morgan fingerprint density at radius 2 is 1.64 bits per heavy atom. The van der Waals surface area contributed by atoms with Gasteiger partial charge in [0.2, 0.25) is 5.88 Å². The molecule has 3 rings (SSSR count). The zero-order chi connectivity index (χ0) is 17.5. The van der Waals surface area contributed by atoms with E-state index in [1.165, 1.54) is 0 Å². The fourth-order valence-corrected chi connectivity index (χ4v) is 2.15. The molecule has 25 heavy (non-hydrogen) atoms. The third kappa shape index (κ3) is 4.96. The largest absolute Gasteiger partial charge is 0.480 e. The molecular weight excluding hydrogens is 342 g/mol. The maximum absolute atomic E-state index is 11.8. The summed E-state index contributed by atoms with van der Waals surface area (Å²) in [7, 11) is 0. The molecule has 2 aromatic carbocycles. The number of ether oxygens (including phenoxy) is 3. The normalized spacial score (nSPS) is 10.1. The van der Waals surface area contributed by atoms with Gasteiger partial charge in [0, 0.05) is 12.3 Å². The van der Waals surface area contributed by atoms with Crippen molar-refractivity contribution in [2.45, 2.75) is 0 Å². The first kappa shape index (κ1) is 16.8. The number of rotatable bonds is 6. The summed E-state index contributed by atoms with van der Waals surface area (Å²) in [5, 5.41) is 0.436. The molecule has 0 aliphatic carbocycles. The van der Waals surface area contributed by atoms with Gasteiger partial charge >= 0.3 is 5.97 Å². The fraction of sp³-hybridized carbons (Fsp3) is 0.0526. The van der Waals surface area contributed by atoms with Crippen molar-refractivity contribution in [3.05, 3.63) is 77.9 Å². The van der Waals surface area contributed by atoms with Gasteiger partial charge in [-0.25, -0.2) is 9.78 Å². The topological polar surface area (TPSA) is 57.7 Å². The van der Waals surface area contributed by atoms with E-state index in [4.69, 9.17) is 25.8 Å². The van der Waals surface area contributed by atoms with Crippen LogP contribution in [-0.2, 0) is 4.79 Å². The minimum atomic E-state index is -0.529. The summed E-state index contributed by atoms with van der Waals surface area (Å²) < 4.78 is 16.1. The van der Waals surface area contributed by atoms with Crippen molar-refractivity contribution in [2.75, 3.05) is 6.61 Å². The summed E-state index contributed by atoms with van der Waals surface area (Å²) in [5.41, 5.74) is 0. The molecule has 0 aliphatic heterocycles. The van der Waals surface area contributed by atoms with Crippen LogP contribution in [0.4, 0.5) is 0 Å². The Balaban J connectivity index is 1.52. The van der Waals surface area contributed by atoms with E-state index in [0.717, 1.165) is 0 Å². The Morgan fingerprint density at radius 3 is 2.36 bits per heavy atom. The van der Waals surface area contributed by atoms with Crippen LogP contribution in [0.15, 0.2) is 72.9 Å². The Morgan fingerprint density at radius 1 is 0.920 bits per heavy atom. The molecule has 0 unspecified atom stereocenters. The average Bonchev–Trinajstić information content (AvgIpc) is 2.64. The SMILES string of the molecule is O=C(COc1ccccc1Cl)Oc1ccc(Oc2ccccn2)cc1. The lowest BCUT2D eigenvalue weighted by molar-refractivity contribution is -0.136. The maximum atomic E-state index is 11.8. The van der Waals surface area contributed by atoms with Gasteiger partial charge in [-0.2, -0.15) is 0 Å². The number of nitrogens with zero attached hydrogens (tertiary/aromatic N) is 1. The number of halogens is 1. The lowest BCUT2D eigenvalue weighted by atomic mass is 10.3. The smallest absolute Gasteiger partial charge is 0.349 e. The molecule has 0 aliphatic rings. The molecule has 0 saturated heterocycles.